The molecular weight excluding hydrogens is 252 g/mol. The van der Waals surface area contributed by atoms with Gasteiger partial charge < -0.3 is 9.47 Å². The molecule has 106 valence electrons. The summed E-state index contributed by atoms with van der Waals surface area (Å²) in [6.07, 6.45) is 0. The van der Waals surface area contributed by atoms with Crippen molar-refractivity contribution in [3.63, 3.8) is 0 Å². The highest BCUT2D eigenvalue weighted by molar-refractivity contribution is 5.46. The first kappa shape index (κ1) is 14.4. The number of ether oxygens (including phenoxy) is 2. The lowest BCUT2D eigenvalue weighted by atomic mass is 9.95. The number of methoxy groups -OCH3 is 2. The minimum absolute atomic E-state index is 0.0870. The Kier molecular flexibility index (Phi) is 4.61. The highest BCUT2D eigenvalue weighted by Gasteiger charge is 2.16. The minimum atomic E-state index is -0.0870. The Balaban J connectivity index is 2.45. The van der Waals surface area contributed by atoms with E-state index in [1.807, 2.05) is 30.3 Å². The molecule has 0 heterocycles. The van der Waals surface area contributed by atoms with E-state index in [0.717, 1.165) is 11.1 Å². The van der Waals surface area contributed by atoms with Gasteiger partial charge in [0.25, 0.3) is 0 Å². The average Bonchev–Trinajstić information content (AvgIpc) is 2.49. The van der Waals surface area contributed by atoms with Crippen molar-refractivity contribution in [2.75, 3.05) is 14.2 Å². The second-order valence-electron chi connectivity index (χ2n) is 4.57. The Hall–Kier alpha value is -2.04. The van der Waals surface area contributed by atoms with Gasteiger partial charge in [-0.15, -0.1) is 0 Å². The van der Waals surface area contributed by atoms with Gasteiger partial charge in [0.1, 0.15) is 0 Å². The summed E-state index contributed by atoms with van der Waals surface area (Å²) in [5, 5.41) is 0. The van der Waals surface area contributed by atoms with Gasteiger partial charge in [0.05, 0.1) is 20.3 Å². The van der Waals surface area contributed by atoms with E-state index >= 15 is 0 Å². The van der Waals surface area contributed by atoms with Crippen LogP contribution in [0.3, 0.4) is 0 Å². The van der Waals surface area contributed by atoms with Crippen molar-refractivity contribution < 1.29 is 9.47 Å². The third-order valence-electron chi connectivity index (χ3n) is 3.41. The van der Waals surface area contributed by atoms with Gasteiger partial charge in [-0.1, -0.05) is 30.3 Å². The van der Waals surface area contributed by atoms with Crippen molar-refractivity contribution in [3.8, 4) is 11.5 Å². The van der Waals surface area contributed by atoms with E-state index in [1.165, 1.54) is 5.56 Å². The first-order valence-corrected chi connectivity index (χ1v) is 6.44. The molecule has 0 saturated carbocycles. The summed E-state index contributed by atoms with van der Waals surface area (Å²) in [4.78, 5) is 0. The van der Waals surface area contributed by atoms with E-state index in [-0.39, 0.29) is 6.04 Å². The maximum atomic E-state index is 5.75. The molecule has 2 rings (SSSR count). The summed E-state index contributed by atoms with van der Waals surface area (Å²) < 4.78 is 10.6. The zero-order valence-corrected chi connectivity index (χ0v) is 12.0. The molecule has 1 atom stereocenters. The zero-order chi connectivity index (χ0) is 14.5. The average molecular weight is 272 g/mol. The van der Waals surface area contributed by atoms with Crippen molar-refractivity contribution in [3.05, 3.63) is 59.2 Å². The predicted molar refractivity (Wildman–Crippen MR) is 79.9 cm³/mol. The molecule has 0 radical (unpaired) electrons. The summed E-state index contributed by atoms with van der Waals surface area (Å²) in [5.41, 5.74) is 6.22. The van der Waals surface area contributed by atoms with Crippen LogP contribution in [0.25, 0.3) is 0 Å². The van der Waals surface area contributed by atoms with Crippen molar-refractivity contribution >= 4 is 0 Å². The summed E-state index contributed by atoms with van der Waals surface area (Å²) >= 11 is 0. The van der Waals surface area contributed by atoms with E-state index in [0.29, 0.717) is 11.5 Å². The molecule has 0 aromatic heterocycles. The van der Waals surface area contributed by atoms with Gasteiger partial charge in [-0.25, -0.2) is 5.43 Å². The number of hydrazine groups is 1. The molecule has 20 heavy (non-hydrogen) atoms. The Morgan fingerprint density at radius 2 is 1.70 bits per heavy atom. The minimum Gasteiger partial charge on any atom is -0.493 e. The van der Waals surface area contributed by atoms with Crippen molar-refractivity contribution in [1.29, 1.82) is 0 Å². The molecule has 0 amide bonds. The number of rotatable bonds is 5. The number of hydrogen-bond acceptors (Lipinski definition) is 4. The van der Waals surface area contributed by atoms with Gasteiger partial charge in [0, 0.05) is 0 Å². The molecule has 0 bridgehead atoms. The fourth-order valence-electron chi connectivity index (χ4n) is 2.31. The van der Waals surface area contributed by atoms with Crippen LogP contribution in [0.15, 0.2) is 42.5 Å². The summed E-state index contributed by atoms with van der Waals surface area (Å²) in [6, 6.07) is 13.9. The molecule has 0 aliphatic carbocycles. The van der Waals surface area contributed by atoms with Crippen LogP contribution in [0.5, 0.6) is 11.5 Å². The number of nitrogens with one attached hydrogen (secondary N) is 1. The maximum Gasteiger partial charge on any atom is 0.161 e. The second-order valence-corrected chi connectivity index (χ2v) is 4.57. The lowest BCUT2D eigenvalue weighted by Gasteiger charge is -2.20. The van der Waals surface area contributed by atoms with Gasteiger partial charge in [0.2, 0.25) is 0 Å². The number of hydrogen-bond donors (Lipinski definition) is 2. The largest absolute Gasteiger partial charge is 0.493 e. The van der Waals surface area contributed by atoms with Crippen LogP contribution in [0, 0.1) is 6.92 Å². The van der Waals surface area contributed by atoms with Crippen LogP contribution >= 0.6 is 0 Å². The topological polar surface area (TPSA) is 56.5 Å². The molecule has 0 aliphatic heterocycles. The molecular formula is C16H20N2O2. The van der Waals surface area contributed by atoms with E-state index in [1.54, 1.807) is 14.2 Å². The van der Waals surface area contributed by atoms with Crippen molar-refractivity contribution in [1.82, 2.24) is 5.43 Å². The molecule has 4 nitrogen and oxygen atoms in total. The van der Waals surface area contributed by atoms with Crippen molar-refractivity contribution in [2.45, 2.75) is 13.0 Å². The molecule has 4 heteroatoms. The molecule has 0 saturated heterocycles. The quantitative estimate of drug-likeness (QED) is 0.649. The first-order valence-electron chi connectivity index (χ1n) is 6.44. The zero-order valence-electron chi connectivity index (χ0n) is 12.0. The summed E-state index contributed by atoms with van der Waals surface area (Å²) in [7, 11) is 3.25. The lowest BCUT2D eigenvalue weighted by molar-refractivity contribution is 0.354. The van der Waals surface area contributed by atoms with Crippen LogP contribution in [0.4, 0.5) is 0 Å². The van der Waals surface area contributed by atoms with E-state index in [9.17, 15) is 0 Å². The van der Waals surface area contributed by atoms with Crippen LogP contribution in [-0.4, -0.2) is 14.2 Å². The predicted octanol–water partition coefficient (Wildman–Crippen LogP) is 2.56. The van der Waals surface area contributed by atoms with Gasteiger partial charge >= 0.3 is 0 Å². The van der Waals surface area contributed by atoms with Gasteiger partial charge in [0.15, 0.2) is 11.5 Å². The summed E-state index contributed by atoms with van der Waals surface area (Å²) in [5.74, 6) is 7.14. The normalized spacial score (nSPS) is 12.0. The number of nitrogens with two attached hydrogens (primary N) is 1. The standard InChI is InChI=1S/C16H20N2O2/c1-11-6-4-5-7-13(11)16(18-17)12-8-9-14(19-2)15(10-12)20-3/h4-10,16,18H,17H2,1-3H3. The van der Waals surface area contributed by atoms with E-state index < -0.39 is 0 Å². The monoisotopic (exact) mass is 272 g/mol. The smallest absolute Gasteiger partial charge is 0.161 e. The molecule has 0 aliphatic rings. The van der Waals surface area contributed by atoms with Crippen LogP contribution < -0.4 is 20.7 Å². The SMILES string of the molecule is COc1ccc(C(NN)c2ccccc2C)cc1OC. The molecule has 3 N–H and O–H groups in total. The highest BCUT2D eigenvalue weighted by Crippen LogP contribution is 2.32. The lowest BCUT2D eigenvalue weighted by Crippen LogP contribution is -2.29. The van der Waals surface area contributed by atoms with Gasteiger partial charge in [-0.3, -0.25) is 5.84 Å². The molecule has 1 unspecified atom stereocenters. The van der Waals surface area contributed by atoms with Crippen molar-refractivity contribution in [2.24, 2.45) is 5.84 Å². The van der Waals surface area contributed by atoms with E-state index in [2.05, 4.69) is 24.5 Å². The molecule has 2 aromatic carbocycles. The number of aryl methyl sites for hydroxylation is 1. The first-order chi connectivity index (χ1) is 9.71. The number of benzene rings is 2. The Bertz CT molecular complexity index is 584. The molecule has 2 aromatic rings. The van der Waals surface area contributed by atoms with E-state index in [4.69, 9.17) is 15.3 Å². The third kappa shape index (κ3) is 2.76. The van der Waals surface area contributed by atoms with Crippen LogP contribution in [0.1, 0.15) is 22.7 Å². The second kappa shape index (κ2) is 6.41. The highest BCUT2D eigenvalue weighted by atomic mass is 16.5. The fourth-order valence-corrected chi connectivity index (χ4v) is 2.31. The van der Waals surface area contributed by atoms with Crippen LogP contribution in [0.2, 0.25) is 0 Å². The molecule has 0 fully saturated rings. The third-order valence-corrected chi connectivity index (χ3v) is 3.41. The summed E-state index contributed by atoms with van der Waals surface area (Å²) in [6.45, 7) is 2.07. The maximum absolute atomic E-state index is 5.75. The Morgan fingerprint density at radius 3 is 2.30 bits per heavy atom. The fraction of sp³-hybridized carbons (Fsp3) is 0.250. The van der Waals surface area contributed by atoms with Gasteiger partial charge in [-0.05, 0) is 35.7 Å². The molecule has 0 spiro atoms. The van der Waals surface area contributed by atoms with Crippen LogP contribution in [-0.2, 0) is 0 Å². The van der Waals surface area contributed by atoms with Gasteiger partial charge in [-0.2, -0.15) is 0 Å². The Labute approximate surface area is 119 Å². The Morgan fingerprint density at radius 1 is 1.00 bits per heavy atom.